The van der Waals surface area contributed by atoms with E-state index in [-0.39, 0.29) is 5.82 Å². The van der Waals surface area contributed by atoms with E-state index >= 15 is 0 Å². The Morgan fingerprint density at radius 3 is 2.80 bits per heavy atom. The number of rotatable bonds is 6. The van der Waals surface area contributed by atoms with Gasteiger partial charge in [0.1, 0.15) is 11.6 Å². The SMILES string of the molecule is CCCNc1cc(CN(C)c2ccccc2F)ccn1. The van der Waals surface area contributed by atoms with Crippen molar-refractivity contribution in [2.45, 2.75) is 19.9 Å². The number of benzene rings is 1. The third kappa shape index (κ3) is 3.70. The Morgan fingerprint density at radius 1 is 1.25 bits per heavy atom. The Labute approximate surface area is 119 Å². The molecule has 4 heteroatoms. The molecule has 0 fully saturated rings. The predicted molar refractivity (Wildman–Crippen MR) is 81.5 cm³/mol. The molecule has 3 nitrogen and oxygen atoms in total. The lowest BCUT2D eigenvalue weighted by atomic mass is 10.2. The Balaban J connectivity index is 2.08. The summed E-state index contributed by atoms with van der Waals surface area (Å²) < 4.78 is 13.7. The average Bonchev–Trinajstić information content (AvgIpc) is 2.46. The molecule has 0 unspecified atom stereocenters. The highest BCUT2D eigenvalue weighted by Gasteiger charge is 2.07. The minimum atomic E-state index is -0.201. The second-order valence-electron chi connectivity index (χ2n) is 4.78. The van der Waals surface area contributed by atoms with Crippen LogP contribution in [0.2, 0.25) is 0 Å². The second-order valence-corrected chi connectivity index (χ2v) is 4.78. The van der Waals surface area contributed by atoms with Gasteiger partial charge in [-0.25, -0.2) is 9.37 Å². The second kappa shape index (κ2) is 6.89. The monoisotopic (exact) mass is 273 g/mol. The molecule has 2 aromatic rings. The number of hydrogen-bond donors (Lipinski definition) is 1. The summed E-state index contributed by atoms with van der Waals surface area (Å²) in [6.45, 7) is 3.66. The fraction of sp³-hybridized carbons (Fsp3) is 0.312. The van der Waals surface area contributed by atoms with E-state index in [1.807, 2.05) is 30.1 Å². The van der Waals surface area contributed by atoms with Gasteiger partial charge in [-0.05, 0) is 36.2 Å². The van der Waals surface area contributed by atoms with Gasteiger partial charge < -0.3 is 10.2 Å². The molecule has 0 spiro atoms. The molecule has 0 saturated heterocycles. The number of anilines is 2. The molecule has 1 heterocycles. The molecular formula is C16H20FN3. The van der Waals surface area contributed by atoms with E-state index < -0.39 is 0 Å². The lowest BCUT2D eigenvalue weighted by Crippen LogP contribution is -2.17. The summed E-state index contributed by atoms with van der Waals surface area (Å²) in [7, 11) is 1.89. The Kier molecular flexibility index (Phi) is 4.93. The highest BCUT2D eigenvalue weighted by atomic mass is 19.1. The van der Waals surface area contributed by atoms with Crippen LogP contribution in [-0.4, -0.2) is 18.6 Å². The van der Waals surface area contributed by atoms with Crippen molar-refractivity contribution in [3.05, 3.63) is 54.0 Å². The molecule has 0 aliphatic carbocycles. The van der Waals surface area contributed by atoms with E-state index in [9.17, 15) is 4.39 Å². The summed E-state index contributed by atoms with van der Waals surface area (Å²) in [5.41, 5.74) is 1.71. The van der Waals surface area contributed by atoms with Gasteiger partial charge in [0.2, 0.25) is 0 Å². The Bertz CT molecular complexity index is 557. The summed E-state index contributed by atoms with van der Waals surface area (Å²) in [6, 6.07) is 10.8. The molecule has 1 aromatic carbocycles. The number of nitrogens with one attached hydrogen (secondary N) is 1. The summed E-state index contributed by atoms with van der Waals surface area (Å²) in [5, 5.41) is 3.26. The fourth-order valence-corrected chi connectivity index (χ4v) is 2.04. The maximum atomic E-state index is 13.7. The molecule has 0 aliphatic rings. The Morgan fingerprint density at radius 2 is 2.05 bits per heavy atom. The average molecular weight is 273 g/mol. The van der Waals surface area contributed by atoms with Crippen molar-refractivity contribution in [2.24, 2.45) is 0 Å². The number of nitrogens with zero attached hydrogens (tertiary/aromatic N) is 2. The van der Waals surface area contributed by atoms with Gasteiger partial charge in [-0.3, -0.25) is 0 Å². The molecule has 1 aromatic heterocycles. The number of pyridine rings is 1. The molecule has 20 heavy (non-hydrogen) atoms. The van der Waals surface area contributed by atoms with Crippen molar-refractivity contribution < 1.29 is 4.39 Å². The van der Waals surface area contributed by atoms with Crippen LogP contribution in [0.5, 0.6) is 0 Å². The Hall–Kier alpha value is -2.10. The zero-order chi connectivity index (χ0) is 14.4. The smallest absolute Gasteiger partial charge is 0.146 e. The van der Waals surface area contributed by atoms with Gasteiger partial charge >= 0.3 is 0 Å². The van der Waals surface area contributed by atoms with E-state index in [0.717, 1.165) is 24.3 Å². The normalized spacial score (nSPS) is 10.3. The van der Waals surface area contributed by atoms with Crippen LogP contribution in [0.3, 0.4) is 0 Å². The first kappa shape index (κ1) is 14.3. The summed E-state index contributed by atoms with van der Waals surface area (Å²) in [4.78, 5) is 6.17. The lowest BCUT2D eigenvalue weighted by molar-refractivity contribution is 0.622. The maximum absolute atomic E-state index is 13.7. The number of hydrogen-bond acceptors (Lipinski definition) is 3. The molecule has 0 atom stereocenters. The van der Waals surface area contributed by atoms with Crippen LogP contribution >= 0.6 is 0 Å². The highest BCUT2D eigenvalue weighted by Crippen LogP contribution is 2.19. The molecule has 0 aliphatic heterocycles. The van der Waals surface area contributed by atoms with Crippen LogP contribution in [0.4, 0.5) is 15.9 Å². The van der Waals surface area contributed by atoms with Crippen molar-refractivity contribution in [1.29, 1.82) is 0 Å². The van der Waals surface area contributed by atoms with Gasteiger partial charge in [0.15, 0.2) is 0 Å². The van der Waals surface area contributed by atoms with Crippen molar-refractivity contribution in [3.8, 4) is 0 Å². The molecule has 1 N–H and O–H groups in total. The van der Waals surface area contributed by atoms with Crippen LogP contribution < -0.4 is 10.2 Å². The topological polar surface area (TPSA) is 28.2 Å². The summed E-state index contributed by atoms with van der Waals surface area (Å²) in [5.74, 6) is 0.666. The quantitative estimate of drug-likeness (QED) is 0.870. The summed E-state index contributed by atoms with van der Waals surface area (Å²) in [6.07, 6.45) is 2.84. The third-order valence-corrected chi connectivity index (χ3v) is 3.06. The van der Waals surface area contributed by atoms with Crippen LogP contribution in [0.1, 0.15) is 18.9 Å². The minimum absolute atomic E-state index is 0.201. The first-order chi connectivity index (χ1) is 9.70. The third-order valence-electron chi connectivity index (χ3n) is 3.06. The van der Waals surface area contributed by atoms with Gasteiger partial charge in [0.05, 0.1) is 5.69 Å². The zero-order valence-electron chi connectivity index (χ0n) is 11.9. The van der Waals surface area contributed by atoms with E-state index in [1.165, 1.54) is 6.07 Å². The predicted octanol–water partition coefficient (Wildman–Crippen LogP) is 3.68. The van der Waals surface area contributed by atoms with Crippen molar-refractivity contribution in [2.75, 3.05) is 23.8 Å². The first-order valence-corrected chi connectivity index (χ1v) is 6.85. The molecule has 106 valence electrons. The van der Waals surface area contributed by atoms with E-state index in [0.29, 0.717) is 12.2 Å². The molecule has 0 saturated carbocycles. The number of para-hydroxylation sites is 1. The highest BCUT2D eigenvalue weighted by molar-refractivity contribution is 5.48. The molecule has 0 amide bonds. The van der Waals surface area contributed by atoms with Crippen molar-refractivity contribution >= 4 is 11.5 Å². The van der Waals surface area contributed by atoms with E-state index in [4.69, 9.17) is 0 Å². The van der Waals surface area contributed by atoms with Gasteiger partial charge in [-0.1, -0.05) is 19.1 Å². The van der Waals surface area contributed by atoms with Crippen LogP contribution in [0, 0.1) is 5.82 Å². The van der Waals surface area contributed by atoms with Crippen molar-refractivity contribution in [3.63, 3.8) is 0 Å². The summed E-state index contributed by atoms with van der Waals surface area (Å²) >= 11 is 0. The van der Waals surface area contributed by atoms with Crippen molar-refractivity contribution in [1.82, 2.24) is 4.98 Å². The zero-order valence-corrected chi connectivity index (χ0v) is 11.9. The fourth-order valence-electron chi connectivity index (χ4n) is 2.04. The van der Waals surface area contributed by atoms with E-state index in [1.54, 1.807) is 18.3 Å². The van der Waals surface area contributed by atoms with Crippen LogP contribution in [0.15, 0.2) is 42.6 Å². The molecule has 2 rings (SSSR count). The van der Waals surface area contributed by atoms with E-state index in [2.05, 4.69) is 17.2 Å². The molecular weight excluding hydrogens is 253 g/mol. The number of halogens is 1. The maximum Gasteiger partial charge on any atom is 0.146 e. The molecule has 0 bridgehead atoms. The van der Waals surface area contributed by atoms with Gasteiger partial charge in [0, 0.05) is 26.3 Å². The lowest BCUT2D eigenvalue weighted by Gasteiger charge is -2.20. The minimum Gasteiger partial charge on any atom is -0.370 e. The first-order valence-electron chi connectivity index (χ1n) is 6.85. The largest absolute Gasteiger partial charge is 0.370 e. The van der Waals surface area contributed by atoms with Crippen LogP contribution in [0.25, 0.3) is 0 Å². The van der Waals surface area contributed by atoms with Gasteiger partial charge in [-0.2, -0.15) is 0 Å². The van der Waals surface area contributed by atoms with Gasteiger partial charge in [-0.15, -0.1) is 0 Å². The van der Waals surface area contributed by atoms with Crippen LogP contribution in [-0.2, 0) is 6.54 Å². The van der Waals surface area contributed by atoms with Gasteiger partial charge in [0.25, 0.3) is 0 Å². The number of aromatic nitrogens is 1. The standard InChI is InChI=1S/C16H20FN3/c1-3-9-18-16-11-13(8-10-19-16)12-20(2)15-7-5-4-6-14(15)17/h4-8,10-11H,3,9,12H2,1-2H3,(H,18,19). The molecule has 0 radical (unpaired) electrons.